The number of hydrogen-bond acceptors (Lipinski definition) is 3. The highest BCUT2D eigenvalue weighted by molar-refractivity contribution is 5.86. The SMILES string of the molecule is CCc1[nH]c2c(OC)cc(OC)cc2c(=O)c1C. The lowest BCUT2D eigenvalue weighted by atomic mass is 10.1. The van der Waals surface area contributed by atoms with E-state index in [2.05, 4.69) is 4.98 Å². The summed E-state index contributed by atoms with van der Waals surface area (Å²) in [5.41, 5.74) is 2.44. The predicted octanol–water partition coefficient (Wildman–Crippen LogP) is 2.42. The number of methoxy groups -OCH3 is 2. The van der Waals surface area contributed by atoms with Gasteiger partial charge in [-0.3, -0.25) is 4.79 Å². The van der Waals surface area contributed by atoms with Crippen molar-refractivity contribution in [2.45, 2.75) is 20.3 Å². The molecule has 1 aromatic carbocycles. The largest absolute Gasteiger partial charge is 0.497 e. The molecule has 0 fully saturated rings. The van der Waals surface area contributed by atoms with E-state index in [-0.39, 0.29) is 5.43 Å². The predicted molar refractivity (Wildman–Crippen MR) is 71.8 cm³/mol. The molecule has 4 nitrogen and oxygen atoms in total. The number of H-pyrrole nitrogens is 1. The van der Waals surface area contributed by atoms with E-state index < -0.39 is 0 Å². The van der Waals surface area contributed by atoms with E-state index in [1.165, 1.54) is 0 Å². The highest BCUT2D eigenvalue weighted by Crippen LogP contribution is 2.28. The van der Waals surface area contributed by atoms with Gasteiger partial charge in [-0.15, -0.1) is 0 Å². The quantitative estimate of drug-likeness (QED) is 0.906. The Bertz CT molecular complexity index is 644. The lowest BCUT2D eigenvalue weighted by molar-refractivity contribution is 0.397. The van der Waals surface area contributed by atoms with Crippen LogP contribution in [0.15, 0.2) is 16.9 Å². The molecule has 0 radical (unpaired) electrons. The van der Waals surface area contributed by atoms with Crippen molar-refractivity contribution in [1.82, 2.24) is 4.98 Å². The number of aromatic amines is 1. The van der Waals surface area contributed by atoms with Gasteiger partial charge in [0.25, 0.3) is 0 Å². The molecule has 0 aliphatic heterocycles. The van der Waals surface area contributed by atoms with E-state index in [1.54, 1.807) is 26.4 Å². The number of ether oxygens (including phenoxy) is 2. The van der Waals surface area contributed by atoms with Crippen molar-refractivity contribution in [3.05, 3.63) is 33.6 Å². The molecule has 0 atom stereocenters. The van der Waals surface area contributed by atoms with Crippen LogP contribution in [0, 0.1) is 6.92 Å². The first-order chi connectivity index (χ1) is 8.62. The molecule has 1 heterocycles. The Labute approximate surface area is 106 Å². The number of rotatable bonds is 3. The van der Waals surface area contributed by atoms with E-state index in [0.717, 1.165) is 23.2 Å². The summed E-state index contributed by atoms with van der Waals surface area (Å²) in [6.07, 6.45) is 0.784. The molecule has 0 aliphatic carbocycles. The van der Waals surface area contributed by atoms with Crippen LogP contribution in [0.4, 0.5) is 0 Å². The summed E-state index contributed by atoms with van der Waals surface area (Å²) in [7, 11) is 3.15. The van der Waals surface area contributed by atoms with E-state index in [0.29, 0.717) is 16.9 Å². The Morgan fingerprint density at radius 3 is 2.50 bits per heavy atom. The Balaban J connectivity index is 2.91. The van der Waals surface area contributed by atoms with Crippen molar-refractivity contribution in [3.8, 4) is 11.5 Å². The lowest BCUT2D eigenvalue weighted by Crippen LogP contribution is -2.12. The second-order valence-corrected chi connectivity index (χ2v) is 4.16. The van der Waals surface area contributed by atoms with Gasteiger partial charge in [0.2, 0.25) is 0 Å². The van der Waals surface area contributed by atoms with Crippen molar-refractivity contribution in [2.75, 3.05) is 14.2 Å². The van der Waals surface area contributed by atoms with Gasteiger partial charge in [0.1, 0.15) is 11.5 Å². The Morgan fingerprint density at radius 1 is 1.22 bits per heavy atom. The minimum Gasteiger partial charge on any atom is -0.497 e. The fourth-order valence-corrected chi connectivity index (χ4v) is 2.11. The summed E-state index contributed by atoms with van der Waals surface area (Å²) >= 11 is 0. The average molecular weight is 247 g/mol. The number of fused-ring (bicyclic) bond motifs is 1. The van der Waals surface area contributed by atoms with Crippen LogP contribution in [0.2, 0.25) is 0 Å². The van der Waals surface area contributed by atoms with Gasteiger partial charge in [-0.1, -0.05) is 6.92 Å². The van der Waals surface area contributed by atoms with Crippen molar-refractivity contribution in [2.24, 2.45) is 0 Å². The van der Waals surface area contributed by atoms with Crippen molar-refractivity contribution < 1.29 is 9.47 Å². The molecule has 4 heteroatoms. The monoisotopic (exact) mass is 247 g/mol. The molecular weight excluding hydrogens is 230 g/mol. The molecule has 18 heavy (non-hydrogen) atoms. The summed E-state index contributed by atoms with van der Waals surface area (Å²) in [5, 5.41) is 0.598. The first-order valence-electron chi connectivity index (χ1n) is 5.89. The third-order valence-corrected chi connectivity index (χ3v) is 3.20. The average Bonchev–Trinajstić information content (AvgIpc) is 2.41. The Kier molecular flexibility index (Phi) is 3.28. The molecule has 0 spiro atoms. The number of nitrogens with one attached hydrogen (secondary N) is 1. The van der Waals surface area contributed by atoms with Crippen LogP contribution in [-0.2, 0) is 6.42 Å². The molecule has 0 unspecified atom stereocenters. The maximum absolute atomic E-state index is 12.3. The van der Waals surface area contributed by atoms with Gasteiger partial charge in [-0.05, 0) is 19.4 Å². The van der Waals surface area contributed by atoms with Crippen LogP contribution >= 0.6 is 0 Å². The minimum atomic E-state index is 0.0257. The van der Waals surface area contributed by atoms with Crippen LogP contribution in [0.25, 0.3) is 10.9 Å². The number of aryl methyl sites for hydroxylation is 1. The summed E-state index contributed by atoms with van der Waals surface area (Å²) in [5.74, 6) is 1.24. The number of hydrogen-bond donors (Lipinski definition) is 1. The van der Waals surface area contributed by atoms with Gasteiger partial charge in [0.15, 0.2) is 5.43 Å². The topological polar surface area (TPSA) is 51.3 Å². The molecule has 0 amide bonds. The Morgan fingerprint density at radius 2 is 1.94 bits per heavy atom. The molecule has 2 rings (SSSR count). The van der Waals surface area contributed by atoms with Gasteiger partial charge >= 0.3 is 0 Å². The normalized spacial score (nSPS) is 10.7. The molecule has 0 bridgehead atoms. The fourth-order valence-electron chi connectivity index (χ4n) is 2.11. The summed E-state index contributed by atoms with van der Waals surface area (Å²) < 4.78 is 10.5. The van der Waals surface area contributed by atoms with E-state index in [4.69, 9.17) is 9.47 Å². The van der Waals surface area contributed by atoms with Gasteiger partial charge in [0.05, 0.1) is 25.1 Å². The second-order valence-electron chi connectivity index (χ2n) is 4.16. The molecule has 96 valence electrons. The van der Waals surface area contributed by atoms with Crippen LogP contribution < -0.4 is 14.9 Å². The molecule has 0 saturated carbocycles. The maximum Gasteiger partial charge on any atom is 0.192 e. The van der Waals surface area contributed by atoms with Gasteiger partial charge < -0.3 is 14.5 Å². The van der Waals surface area contributed by atoms with Crippen LogP contribution in [-0.4, -0.2) is 19.2 Å². The van der Waals surface area contributed by atoms with Gasteiger partial charge in [0, 0.05) is 17.3 Å². The third-order valence-electron chi connectivity index (χ3n) is 3.20. The Hall–Kier alpha value is -1.97. The standard InChI is InChI=1S/C14H17NO3/c1-5-11-8(2)14(16)10-6-9(17-3)7-12(18-4)13(10)15-11/h6-7H,5H2,1-4H3,(H,15,16). The molecular formula is C14H17NO3. The molecule has 0 aliphatic rings. The smallest absolute Gasteiger partial charge is 0.192 e. The summed E-state index contributed by atoms with van der Waals surface area (Å²) in [6.45, 7) is 3.85. The third kappa shape index (κ3) is 1.83. The summed E-state index contributed by atoms with van der Waals surface area (Å²) in [6, 6.07) is 3.51. The van der Waals surface area contributed by atoms with E-state index >= 15 is 0 Å². The van der Waals surface area contributed by atoms with Crippen LogP contribution in [0.3, 0.4) is 0 Å². The zero-order chi connectivity index (χ0) is 13.3. The zero-order valence-electron chi connectivity index (χ0n) is 11.1. The minimum absolute atomic E-state index is 0.0257. The zero-order valence-corrected chi connectivity index (χ0v) is 11.1. The molecule has 1 N–H and O–H groups in total. The number of aromatic nitrogens is 1. The van der Waals surface area contributed by atoms with Gasteiger partial charge in [-0.2, -0.15) is 0 Å². The number of benzene rings is 1. The maximum atomic E-state index is 12.3. The van der Waals surface area contributed by atoms with E-state index in [1.807, 2.05) is 13.8 Å². The van der Waals surface area contributed by atoms with E-state index in [9.17, 15) is 4.79 Å². The second kappa shape index (κ2) is 4.72. The van der Waals surface area contributed by atoms with Crippen LogP contribution in [0.1, 0.15) is 18.2 Å². The molecule has 2 aromatic rings. The fraction of sp³-hybridized carbons (Fsp3) is 0.357. The van der Waals surface area contributed by atoms with Crippen molar-refractivity contribution in [3.63, 3.8) is 0 Å². The molecule has 0 saturated heterocycles. The van der Waals surface area contributed by atoms with Crippen molar-refractivity contribution in [1.29, 1.82) is 0 Å². The van der Waals surface area contributed by atoms with Crippen LogP contribution in [0.5, 0.6) is 11.5 Å². The van der Waals surface area contributed by atoms with Crippen molar-refractivity contribution >= 4 is 10.9 Å². The number of pyridine rings is 1. The van der Waals surface area contributed by atoms with Gasteiger partial charge in [-0.25, -0.2) is 0 Å². The lowest BCUT2D eigenvalue weighted by Gasteiger charge is -2.11. The highest BCUT2D eigenvalue weighted by Gasteiger charge is 2.12. The molecule has 1 aromatic heterocycles. The first kappa shape index (κ1) is 12.5. The highest BCUT2D eigenvalue weighted by atomic mass is 16.5. The first-order valence-corrected chi connectivity index (χ1v) is 5.89. The summed E-state index contributed by atoms with van der Waals surface area (Å²) in [4.78, 5) is 15.6.